The fraction of sp³-hybridized carbons (Fsp3) is 0.857. The van der Waals surface area contributed by atoms with E-state index in [9.17, 15) is 4.79 Å². The molecule has 3 aliphatic rings. The summed E-state index contributed by atoms with van der Waals surface area (Å²) < 4.78 is 0.198. The third kappa shape index (κ3) is 0.442. The summed E-state index contributed by atoms with van der Waals surface area (Å²) in [4.78, 5) is 13.6. The van der Waals surface area contributed by atoms with E-state index in [1.54, 1.807) is 0 Å². The predicted molar refractivity (Wildman–Crippen MR) is 47.5 cm³/mol. The van der Waals surface area contributed by atoms with Crippen LogP contribution in [0.1, 0.15) is 6.92 Å². The highest BCUT2D eigenvalue weighted by atomic mass is 32.2. The van der Waals surface area contributed by atoms with Gasteiger partial charge in [0.15, 0.2) is 4.20 Å². The summed E-state index contributed by atoms with van der Waals surface area (Å²) in [5.74, 6) is 2.56. The summed E-state index contributed by atoms with van der Waals surface area (Å²) in [7, 11) is 0. The fourth-order valence-electron chi connectivity index (χ4n) is 2.17. The molecular weight excluding hydrogens is 178 g/mol. The van der Waals surface area contributed by atoms with Gasteiger partial charge in [0.1, 0.15) is 0 Å². The van der Waals surface area contributed by atoms with Gasteiger partial charge in [-0.1, -0.05) is 0 Å². The summed E-state index contributed by atoms with van der Waals surface area (Å²) >= 11 is 3.90. The van der Waals surface area contributed by atoms with Crippen molar-refractivity contribution in [3.8, 4) is 0 Å². The van der Waals surface area contributed by atoms with Gasteiger partial charge in [-0.15, -0.1) is 23.5 Å². The van der Waals surface area contributed by atoms with Crippen LogP contribution in [-0.4, -0.2) is 33.1 Å². The van der Waals surface area contributed by atoms with Crippen LogP contribution in [0.25, 0.3) is 0 Å². The van der Waals surface area contributed by atoms with Crippen LogP contribution in [0.15, 0.2) is 0 Å². The van der Waals surface area contributed by atoms with Gasteiger partial charge >= 0.3 is 0 Å². The molecule has 4 heteroatoms. The Bertz CT molecular complexity index is 257. The summed E-state index contributed by atoms with van der Waals surface area (Å²) in [5.41, 5.74) is 0.0127. The van der Waals surface area contributed by atoms with Gasteiger partial charge in [-0.2, -0.15) is 0 Å². The number of rotatable bonds is 0. The molecule has 0 radical (unpaired) electrons. The molecule has 0 unspecified atom stereocenters. The first-order chi connectivity index (χ1) is 5.21. The monoisotopic (exact) mass is 187 g/mol. The van der Waals surface area contributed by atoms with Crippen molar-refractivity contribution in [2.45, 2.75) is 11.1 Å². The van der Waals surface area contributed by atoms with Crippen molar-refractivity contribution in [3.05, 3.63) is 0 Å². The van der Waals surface area contributed by atoms with E-state index in [0.717, 1.165) is 18.1 Å². The van der Waals surface area contributed by atoms with Gasteiger partial charge in [0.05, 0.1) is 5.41 Å². The van der Waals surface area contributed by atoms with Crippen molar-refractivity contribution in [1.82, 2.24) is 4.90 Å². The molecule has 0 aromatic heterocycles. The molecule has 0 saturated carbocycles. The Balaban J connectivity index is 2.06. The molecule has 3 heterocycles. The molecule has 0 bridgehead atoms. The topological polar surface area (TPSA) is 20.3 Å². The molecule has 2 nitrogen and oxygen atoms in total. The second-order valence-electron chi connectivity index (χ2n) is 3.51. The zero-order valence-corrected chi connectivity index (χ0v) is 7.93. The average Bonchev–Trinajstić information content (AvgIpc) is 2.44. The highest BCUT2D eigenvalue weighted by Gasteiger charge is 2.77. The number of β-lactam (4-membered cyclic amide) rings is 1. The Hall–Kier alpha value is 0.170. The molecule has 60 valence electrons. The molecule has 3 saturated heterocycles. The van der Waals surface area contributed by atoms with E-state index >= 15 is 0 Å². The number of amides is 1. The van der Waals surface area contributed by atoms with Gasteiger partial charge in [-0.25, -0.2) is 0 Å². The van der Waals surface area contributed by atoms with Gasteiger partial charge in [0.25, 0.3) is 0 Å². The number of hydrogen-bond acceptors (Lipinski definition) is 3. The van der Waals surface area contributed by atoms with Gasteiger partial charge in [0.2, 0.25) is 5.91 Å². The third-order valence-electron chi connectivity index (χ3n) is 2.94. The Morgan fingerprint density at radius 1 is 1.55 bits per heavy atom. The summed E-state index contributed by atoms with van der Waals surface area (Å²) in [6.45, 7) is 3.09. The Morgan fingerprint density at radius 3 is 2.91 bits per heavy atom. The van der Waals surface area contributed by atoms with E-state index in [-0.39, 0.29) is 9.62 Å². The first-order valence-electron chi connectivity index (χ1n) is 3.81. The molecule has 3 rings (SSSR count). The Morgan fingerprint density at radius 2 is 2.36 bits per heavy atom. The van der Waals surface area contributed by atoms with E-state index in [4.69, 9.17) is 0 Å². The van der Waals surface area contributed by atoms with Crippen molar-refractivity contribution in [1.29, 1.82) is 0 Å². The molecule has 1 amide bonds. The lowest BCUT2D eigenvalue weighted by molar-refractivity contribution is -0.163. The maximum Gasteiger partial charge on any atom is 0.235 e. The molecule has 11 heavy (non-hydrogen) atoms. The SMILES string of the molecule is C[C@@]12CS[C@]13SCCN3C2=O. The van der Waals surface area contributed by atoms with Crippen LogP contribution < -0.4 is 0 Å². The Kier molecular flexibility index (Phi) is 0.965. The molecule has 3 fully saturated rings. The lowest BCUT2D eigenvalue weighted by atomic mass is 9.80. The predicted octanol–water partition coefficient (Wildman–Crippen LogP) is 0.982. The highest BCUT2D eigenvalue weighted by molar-refractivity contribution is 8.20. The van der Waals surface area contributed by atoms with E-state index in [1.807, 2.05) is 28.4 Å². The number of hydrogen-bond donors (Lipinski definition) is 0. The molecule has 0 aromatic carbocycles. The van der Waals surface area contributed by atoms with Crippen LogP contribution in [0, 0.1) is 5.41 Å². The largest absolute Gasteiger partial charge is 0.316 e. The Labute approximate surface area is 74.1 Å². The summed E-state index contributed by atoms with van der Waals surface area (Å²) in [6, 6.07) is 0. The number of thioether (sulfide) groups is 2. The quantitative estimate of drug-likeness (QED) is 0.527. The smallest absolute Gasteiger partial charge is 0.235 e. The van der Waals surface area contributed by atoms with E-state index in [0.29, 0.717) is 5.91 Å². The number of carbonyl (C=O) groups is 1. The van der Waals surface area contributed by atoms with Gasteiger partial charge in [-0.05, 0) is 6.92 Å². The minimum Gasteiger partial charge on any atom is -0.316 e. The molecule has 0 aliphatic carbocycles. The number of carbonyl (C=O) groups excluding carboxylic acids is 1. The van der Waals surface area contributed by atoms with Crippen molar-refractivity contribution < 1.29 is 4.79 Å². The van der Waals surface area contributed by atoms with Crippen LogP contribution in [0.2, 0.25) is 0 Å². The lowest BCUT2D eigenvalue weighted by Crippen LogP contribution is -2.78. The molecular formula is C7H9NOS2. The normalized spacial score (nSPS) is 52.8. The standard InChI is InChI=1S/C7H9NOS2/c1-6-4-11-7(6)8(5(6)9)2-3-10-7/h2-4H2,1H3/t6-,7+/m0/s1. The van der Waals surface area contributed by atoms with E-state index in [1.165, 1.54) is 0 Å². The first kappa shape index (κ1) is 6.66. The van der Waals surface area contributed by atoms with E-state index < -0.39 is 0 Å². The van der Waals surface area contributed by atoms with Crippen molar-refractivity contribution >= 4 is 29.4 Å². The van der Waals surface area contributed by atoms with E-state index in [2.05, 4.69) is 6.92 Å². The zero-order valence-electron chi connectivity index (χ0n) is 6.29. The van der Waals surface area contributed by atoms with Crippen molar-refractivity contribution in [3.63, 3.8) is 0 Å². The van der Waals surface area contributed by atoms with Crippen LogP contribution in [-0.2, 0) is 4.79 Å². The van der Waals surface area contributed by atoms with Crippen molar-refractivity contribution in [2.24, 2.45) is 5.41 Å². The first-order valence-corrected chi connectivity index (χ1v) is 5.78. The lowest BCUT2D eigenvalue weighted by Gasteiger charge is -2.66. The van der Waals surface area contributed by atoms with Crippen LogP contribution in [0.3, 0.4) is 0 Å². The minimum atomic E-state index is 0.0127. The second-order valence-corrected chi connectivity index (χ2v) is 6.22. The number of nitrogens with zero attached hydrogens (tertiary/aromatic N) is 1. The molecule has 0 N–H and O–H groups in total. The molecule has 2 atom stereocenters. The van der Waals surface area contributed by atoms with Gasteiger partial charge in [-0.3, -0.25) is 4.79 Å². The highest BCUT2D eigenvalue weighted by Crippen LogP contribution is 2.72. The summed E-state index contributed by atoms with van der Waals surface area (Å²) in [5, 5.41) is 0. The van der Waals surface area contributed by atoms with Crippen molar-refractivity contribution in [2.75, 3.05) is 18.1 Å². The zero-order chi connectivity index (χ0) is 7.69. The fourth-order valence-corrected chi connectivity index (χ4v) is 5.75. The van der Waals surface area contributed by atoms with Crippen LogP contribution >= 0.6 is 23.5 Å². The van der Waals surface area contributed by atoms with Gasteiger partial charge in [0, 0.05) is 18.1 Å². The second kappa shape index (κ2) is 1.59. The minimum absolute atomic E-state index is 0.0127. The van der Waals surface area contributed by atoms with Gasteiger partial charge < -0.3 is 4.90 Å². The third-order valence-corrected chi connectivity index (χ3v) is 6.88. The maximum atomic E-state index is 11.5. The molecule has 1 spiro atoms. The molecule has 0 aromatic rings. The average molecular weight is 187 g/mol. The maximum absolute atomic E-state index is 11.5. The van der Waals surface area contributed by atoms with Crippen LogP contribution in [0.5, 0.6) is 0 Å². The summed E-state index contributed by atoms with van der Waals surface area (Å²) in [6.07, 6.45) is 0. The molecule has 3 aliphatic heterocycles. The van der Waals surface area contributed by atoms with Crippen LogP contribution in [0.4, 0.5) is 0 Å².